The lowest BCUT2D eigenvalue weighted by Gasteiger charge is -2.34. The fourth-order valence-electron chi connectivity index (χ4n) is 2.30. The maximum Gasteiger partial charge on any atom is 0.190 e. The SMILES string of the molecule is CCOC(OCC)C1(O)C=CC(c2ccccc2)=CC1. The topological polar surface area (TPSA) is 38.7 Å². The highest BCUT2D eigenvalue weighted by atomic mass is 16.7. The highest BCUT2D eigenvalue weighted by molar-refractivity contribution is 5.75. The number of benzene rings is 1. The zero-order chi connectivity index (χ0) is 14.4. The minimum atomic E-state index is -1.09. The van der Waals surface area contributed by atoms with E-state index in [9.17, 15) is 5.11 Å². The monoisotopic (exact) mass is 274 g/mol. The summed E-state index contributed by atoms with van der Waals surface area (Å²) >= 11 is 0. The van der Waals surface area contributed by atoms with Gasteiger partial charge in [0.2, 0.25) is 0 Å². The van der Waals surface area contributed by atoms with Gasteiger partial charge in [-0.25, -0.2) is 0 Å². The van der Waals surface area contributed by atoms with Crippen LogP contribution in [0, 0.1) is 0 Å². The van der Waals surface area contributed by atoms with Gasteiger partial charge in [0.1, 0.15) is 5.60 Å². The summed E-state index contributed by atoms with van der Waals surface area (Å²) in [7, 11) is 0. The van der Waals surface area contributed by atoms with E-state index in [1.54, 1.807) is 6.08 Å². The number of ether oxygens (including phenoxy) is 2. The van der Waals surface area contributed by atoms with Gasteiger partial charge in [0.15, 0.2) is 6.29 Å². The Morgan fingerprint density at radius 3 is 2.30 bits per heavy atom. The van der Waals surface area contributed by atoms with Gasteiger partial charge in [0, 0.05) is 19.6 Å². The Labute approximate surface area is 120 Å². The van der Waals surface area contributed by atoms with Crippen molar-refractivity contribution in [1.29, 1.82) is 0 Å². The van der Waals surface area contributed by atoms with Crippen molar-refractivity contribution in [2.45, 2.75) is 32.2 Å². The van der Waals surface area contributed by atoms with E-state index in [4.69, 9.17) is 9.47 Å². The minimum absolute atomic E-state index is 0.485. The second-order valence-corrected chi connectivity index (χ2v) is 4.80. The zero-order valence-electron chi connectivity index (χ0n) is 12.1. The van der Waals surface area contributed by atoms with Crippen LogP contribution in [0.15, 0.2) is 48.6 Å². The molecule has 1 atom stereocenters. The molecule has 2 rings (SSSR count). The van der Waals surface area contributed by atoms with E-state index >= 15 is 0 Å². The Hall–Kier alpha value is -1.42. The first kappa shape index (κ1) is 15.0. The molecular formula is C17H22O3. The summed E-state index contributed by atoms with van der Waals surface area (Å²) in [5, 5.41) is 10.7. The van der Waals surface area contributed by atoms with Crippen LogP contribution >= 0.6 is 0 Å². The molecular weight excluding hydrogens is 252 g/mol. The molecule has 1 aromatic carbocycles. The standard InChI is InChI=1S/C17H22O3/c1-3-19-16(20-4-2)17(18)12-10-15(11-13-17)14-8-6-5-7-9-14/h5-12,16,18H,3-4,13H2,1-2H3. The van der Waals surface area contributed by atoms with Crippen molar-refractivity contribution in [2.75, 3.05) is 13.2 Å². The lowest BCUT2D eigenvalue weighted by atomic mass is 9.89. The molecule has 0 aromatic heterocycles. The number of hydrogen-bond acceptors (Lipinski definition) is 3. The summed E-state index contributed by atoms with van der Waals surface area (Å²) in [6.45, 7) is 4.81. The van der Waals surface area contributed by atoms with Gasteiger partial charge in [-0.05, 0) is 31.1 Å². The van der Waals surface area contributed by atoms with Gasteiger partial charge in [-0.15, -0.1) is 0 Å². The first-order chi connectivity index (χ1) is 9.69. The van der Waals surface area contributed by atoms with E-state index in [1.165, 1.54) is 0 Å². The maximum atomic E-state index is 10.7. The number of allylic oxidation sites excluding steroid dienone is 2. The minimum Gasteiger partial charge on any atom is -0.380 e. The third-order valence-corrected chi connectivity index (χ3v) is 3.35. The highest BCUT2D eigenvalue weighted by Crippen LogP contribution is 2.30. The second kappa shape index (κ2) is 6.84. The molecule has 1 unspecified atom stereocenters. The summed E-state index contributed by atoms with van der Waals surface area (Å²) in [6.07, 6.45) is 5.61. The van der Waals surface area contributed by atoms with Crippen LogP contribution in [0.3, 0.4) is 0 Å². The molecule has 0 saturated carbocycles. The molecule has 1 aliphatic rings. The molecule has 0 fully saturated rings. The average Bonchev–Trinajstić information content (AvgIpc) is 2.49. The van der Waals surface area contributed by atoms with Crippen molar-refractivity contribution in [2.24, 2.45) is 0 Å². The summed E-state index contributed by atoms with van der Waals surface area (Å²) < 4.78 is 11.0. The molecule has 0 aliphatic heterocycles. The first-order valence-electron chi connectivity index (χ1n) is 7.10. The van der Waals surface area contributed by atoms with E-state index in [1.807, 2.05) is 44.2 Å². The summed E-state index contributed by atoms with van der Waals surface area (Å²) in [4.78, 5) is 0. The van der Waals surface area contributed by atoms with Crippen LogP contribution in [0.1, 0.15) is 25.8 Å². The highest BCUT2D eigenvalue weighted by Gasteiger charge is 2.36. The molecule has 1 aromatic rings. The van der Waals surface area contributed by atoms with Crippen LogP contribution in [0.25, 0.3) is 5.57 Å². The first-order valence-corrected chi connectivity index (χ1v) is 7.10. The third kappa shape index (κ3) is 3.37. The van der Waals surface area contributed by atoms with Gasteiger partial charge in [0.05, 0.1) is 0 Å². The molecule has 0 spiro atoms. The van der Waals surface area contributed by atoms with Crippen LogP contribution in [0.4, 0.5) is 0 Å². The molecule has 1 N–H and O–H groups in total. The largest absolute Gasteiger partial charge is 0.380 e. The summed E-state index contributed by atoms with van der Waals surface area (Å²) in [5.74, 6) is 0. The van der Waals surface area contributed by atoms with Gasteiger partial charge >= 0.3 is 0 Å². The van der Waals surface area contributed by atoms with Gasteiger partial charge in [0.25, 0.3) is 0 Å². The van der Waals surface area contributed by atoms with Crippen LogP contribution < -0.4 is 0 Å². The van der Waals surface area contributed by atoms with Gasteiger partial charge < -0.3 is 14.6 Å². The molecule has 0 heterocycles. The maximum absolute atomic E-state index is 10.7. The molecule has 108 valence electrons. The van der Waals surface area contributed by atoms with Crippen LogP contribution in [0.2, 0.25) is 0 Å². The normalized spacial score (nSPS) is 22.1. The van der Waals surface area contributed by atoms with Crippen LogP contribution in [0.5, 0.6) is 0 Å². The Kier molecular flexibility index (Phi) is 5.12. The second-order valence-electron chi connectivity index (χ2n) is 4.80. The van der Waals surface area contributed by atoms with E-state index in [0.29, 0.717) is 19.6 Å². The van der Waals surface area contributed by atoms with Crippen molar-refractivity contribution in [3.8, 4) is 0 Å². The van der Waals surface area contributed by atoms with E-state index in [-0.39, 0.29) is 0 Å². The predicted molar refractivity (Wildman–Crippen MR) is 80.2 cm³/mol. The van der Waals surface area contributed by atoms with Crippen molar-refractivity contribution >= 4 is 5.57 Å². The number of hydrogen-bond donors (Lipinski definition) is 1. The summed E-state index contributed by atoms with van der Waals surface area (Å²) in [5.41, 5.74) is 1.17. The smallest absolute Gasteiger partial charge is 0.190 e. The Morgan fingerprint density at radius 1 is 1.15 bits per heavy atom. The van der Waals surface area contributed by atoms with Crippen molar-refractivity contribution in [3.63, 3.8) is 0 Å². The number of aliphatic hydroxyl groups is 1. The molecule has 3 heteroatoms. The lowest BCUT2D eigenvalue weighted by molar-refractivity contribution is -0.216. The average molecular weight is 274 g/mol. The Morgan fingerprint density at radius 2 is 1.80 bits per heavy atom. The van der Waals surface area contributed by atoms with Crippen molar-refractivity contribution in [1.82, 2.24) is 0 Å². The predicted octanol–water partition coefficient (Wildman–Crippen LogP) is 3.16. The summed E-state index contributed by atoms with van der Waals surface area (Å²) in [6, 6.07) is 10.1. The van der Waals surface area contributed by atoms with E-state index in [0.717, 1.165) is 11.1 Å². The number of rotatable bonds is 6. The molecule has 0 amide bonds. The van der Waals surface area contributed by atoms with Crippen molar-refractivity contribution in [3.05, 3.63) is 54.1 Å². The molecule has 0 saturated heterocycles. The van der Waals surface area contributed by atoms with Crippen molar-refractivity contribution < 1.29 is 14.6 Å². The van der Waals surface area contributed by atoms with Gasteiger partial charge in [-0.3, -0.25) is 0 Å². The van der Waals surface area contributed by atoms with E-state index in [2.05, 4.69) is 12.1 Å². The third-order valence-electron chi connectivity index (χ3n) is 3.35. The quantitative estimate of drug-likeness (QED) is 0.810. The molecule has 0 bridgehead atoms. The fourth-order valence-corrected chi connectivity index (χ4v) is 2.30. The molecule has 20 heavy (non-hydrogen) atoms. The Balaban J connectivity index is 2.12. The molecule has 3 nitrogen and oxygen atoms in total. The van der Waals surface area contributed by atoms with Gasteiger partial charge in [-0.1, -0.05) is 42.5 Å². The van der Waals surface area contributed by atoms with Gasteiger partial charge in [-0.2, -0.15) is 0 Å². The van der Waals surface area contributed by atoms with Crippen LogP contribution in [-0.4, -0.2) is 30.2 Å². The zero-order valence-corrected chi connectivity index (χ0v) is 12.1. The molecule has 0 radical (unpaired) electrons. The lowest BCUT2D eigenvalue weighted by Crippen LogP contribution is -2.44. The fraction of sp³-hybridized carbons (Fsp3) is 0.412. The van der Waals surface area contributed by atoms with Crippen LogP contribution in [-0.2, 0) is 9.47 Å². The Bertz CT molecular complexity index is 472. The molecule has 1 aliphatic carbocycles. The van der Waals surface area contributed by atoms with E-state index < -0.39 is 11.9 Å².